The highest BCUT2D eigenvalue weighted by Gasteiger charge is 2.48. The Kier molecular flexibility index (Phi) is 4.57. The number of nitrogens with one attached hydrogen (secondary N) is 1. The number of piperidine rings is 1. The maximum absolute atomic E-state index is 13.5. The fraction of sp³-hybridized carbons (Fsp3) is 0.524. The number of nitrogens with zero attached hydrogens (tertiary/aromatic N) is 3. The third-order valence-electron chi connectivity index (χ3n) is 6.04. The van der Waals surface area contributed by atoms with E-state index in [9.17, 15) is 4.79 Å². The lowest BCUT2D eigenvalue weighted by Crippen LogP contribution is -2.61. The van der Waals surface area contributed by atoms with Crippen LogP contribution in [-0.4, -0.2) is 39.2 Å². The van der Waals surface area contributed by atoms with Crippen LogP contribution in [0.3, 0.4) is 0 Å². The predicted molar refractivity (Wildman–Crippen MR) is 102 cm³/mol. The first-order valence-corrected chi connectivity index (χ1v) is 9.70. The van der Waals surface area contributed by atoms with Gasteiger partial charge in [-0.2, -0.15) is 5.10 Å². The van der Waals surface area contributed by atoms with E-state index in [4.69, 9.17) is 0 Å². The van der Waals surface area contributed by atoms with Gasteiger partial charge in [0.15, 0.2) is 0 Å². The topological polar surface area (TPSA) is 50.2 Å². The molecule has 4 rings (SSSR count). The molecule has 5 heteroatoms. The second-order valence-electron chi connectivity index (χ2n) is 7.84. The minimum atomic E-state index is -0.444. The van der Waals surface area contributed by atoms with E-state index in [1.54, 1.807) is 4.68 Å². The van der Waals surface area contributed by atoms with Crippen LogP contribution in [-0.2, 0) is 24.7 Å². The molecule has 1 aromatic carbocycles. The van der Waals surface area contributed by atoms with Gasteiger partial charge in [0.25, 0.3) is 0 Å². The number of hydrogen-bond donors (Lipinski definition) is 1. The van der Waals surface area contributed by atoms with Gasteiger partial charge in [0.2, 0.25) is 5.91 Å². The van der Waals surface area contributed by atoms with Crippen LogP contribution in [0.5, 0.6) is 0 Å². The Morgan fingerprint density at radius 1 is 1.15 bits per heavy atom. The molecule has 0 saturated carbocycles. The zero-order valence-electron chi connectivity index (χ0n) is 15.7. The van der Waals surface area contributed by atoms with Crippen molar-refractivity contribution in [2.24, 2.45) is 7.05 Å². The SMILES string of the molecule is C[C@H](NC(=O)C1(N2CCCCC2)Cc2ccccc2C1)c1cnn(C)c1. The summed E-state index contributed by atoms with van der Waals surface area (Å²) in [6.07, 6.45) is 9.08. The quantitative estimate of drug-likeness (QED) is 0.920. The Morgan fingerprint density at radius 3 is 2.38 bits per heavy atom. The third-order valence-corrected chi connectivity index (χ3v) is 6.04. The van der Waals surface area contributed by atoms with E-state index < -0.39 is 5.54 Å². The number of fused-ring (bicyclic) bond motifs is 1. The molecule has 0 unspecified atom stereocenters. The van der Waals surface area contributed by atoms with E-state index in [1.807, 2.05) is 26.4 Å². The van der Waals surface area contributed by atoms with Crippen LogP contribution in [0.15, 0.2) is 36.7 Å². The van der Waals surface area contributed by atoms with Crippen LogP contribution in [0.4, 0.5) is 0 Å². The number of benzene rings is 1. The molecule has 1 saturated heterocycles. The Morgan fingerprint density at radius 2 is 1.81 bits per heavy atom. The molecule has 0 spiro atoms. The summed E-state index contributed by atoms with van der Waals surface area (Å²) in [5.41, 5.74) is 3.25. The van der Waals surface area contributed by atoms with Crippen LogP contribution < -0.4 is 5.32 Å². The Labute approximate surface area is 155 Å². The van der Waals surface area contributed by atoms with Gasteiger partial charge in [0.05, 0.1) is 12.2 Å². The van der Waals surface area contributed by atoms with Gasteiger partial charge >= 0.3 is 0 Å². The molecule has 0 bridgehead atoms. The van der Waals surface area contributed by atoms with E-state index in [0.29, 0.717) is 0 Å². The summed E-state index contributed by atoms with van der Waals surface area (Å²) in [5.74, 6) is 0.159. The maximum Gasteiger partial charge on any atom is 0.241 e. The van der Waals surface area contributed by atoms with Crippen molar-refractivity contribution in [3.8, 4) is 0 Å². The van der Waals surface area contributed by atoms with Gasteiger partial charge in [0.1, 0.15) is 5.54 Å². The molecule has 1 aliphatic heterocycles. The van der Waals surface area contributed by atoms with Crippen molar-refractivity contribution in [2.45, 2.75) is 50.6 Å². The molecule has 26 heavy (non-hydrogen) atoms. The van der Waals surface area contributed by atoms with Crippen molar-refractivity contribution in [1.29, 1.82) is 0 Å². The molecule has 1 atom stereocenters. The summed E-state index contributed by atoms with van der Waals surface area (Å²) in [4.78, 5) is 16.0. The largest absolute Gasteiger partial charge is 0.348 e. The highest BCUT2D eigenvalue weighted by molar-refractivity contribution is 5.88. The summed E-state index contributed by atoms with van der Waals surface area (Å²) < 4.78 is 1.78. The van der Waals surface area contributed by atoms with Crippen molar-refractivity contribution in [2.75, 3.05) is 13.1 Å². The van der Waals surface area contributed by atoms with Gasteiger partial charge in [-0.25, -0.2) is 0 Å². The molecular formula is C21H28N4O. The van der Waals surface area contributed by atoms with Gasteiger partial charge < -0.3 is 5.32 Å². The Hall–Kier alpha value is -2.14. The zero-order valence-corrected chi connectivity index (χ0v) is 15.7. The molecule has 1 aromatic heterocycles. The number of carbonyl (C=O) groups excluding carboxylic acids is 1. The molecule has 5 nitrogen and oxygen atoms in total. The summed E-state index contributed by atoms with van der Waals surface area (Å²) in [6.45, 7) is 4.08. The smallest absolute Gasteiger partial charge is 0.241 e. The number of hydrogen-bond acceptors (Lipinski definition) is 3. The zero-order chi connectivity index (χ0) is 18.1. The van der Waals surface area contributed by atoms with E-state index in [2.05, 4.69) is 39.6 Å². The second kappa shape index (κ2) is 6.88. The average molecular weight is 352 g/mol. The first-order valence-electron chi connectivity index (χ1n) is 9.70. The summed E-state index contributed by atoms with van der Waals surface area (Å²) in [5, 5.41) is 7.53. The molecule has 1 N–H and O–H groups in total. The van der Waals surface area contributed by atoms with Crippen molar-refractivity contribution >= 4 is 5.91 Å². The molecule has 2 aliphatic rings. The maximum atomic E-state index is 13.5. The van der Waals surface area contributed by atoms with Gasteiger partial charge in [-0.3, -0.25) is 14.4 Å². The monoisotopic (exact) mass is 352 g/mol. The molecule has 1 fully saturated rings. The number of aromatic nitrogens is 2. The molecule has 2 heterocycles. The fourth-order valence-corrected chi connectivity index (χ4v) is 4.52. The molecule has 2 aromatic rings. The van der Waals surface area contributed by atoms with Gasteiger partial charge in [-0.15, -0.1) is 0 Å². The molecule has 138 valence electrons. The molecular weight excluding hydrogens is 324 g/mol. The Bertz CT molecular complexity index is 766. The number of amides is 1. The summed E-state index contributed by atoms with van der Waals surface area (Å²) >= 11 is 0. The van der Waals surface area contributed by atoms with Crippen LogP contribution in [0.2, 0.25) is 0 Å². The predicted octanol–water partition coefficient (Wildman–Crippen LogP) is 2.62. The second-order valence-corrected chi connectivity index (χ2v) is 7.84. The lowest BCUT2D eigenvalue weighted by molar-refractivity contribution is -0.134. The summed E-state index contributed by atoms with van der Waals surface area (Å²) in [7, 11) is 1.90. The highest BCUT2D eigenvalue weighted by Crippen LogP contribution is 2.37. The van der Waals surface area contributed by atoms with E-state index >= 15 is 0 Å². The van der Waals surface area contributed by atoms with Crippen molar-refractivity contribution in [1.82, 2.24) is 20.0 Å². The van der Waals surface area contributed by atoms with Crippen molar-refractivity contribution in [3.63, 3.8) is 0 Å². The first kappa shape index (κ1) is 17.3. The van der Waals surface area contributed by atoms with Crippen LogP contribution in [0, 0.1) is 0 Å². The average Bonchev–Trinajstić information content (AvgIpc) is 3.27. The molecule has 1 aliphatic carbocycles. The lowest BCUT2D eigenvalue weighted by atomic mass is 9.89. The minimum Gasteiger partial charge on any atom is -0.348 e. The van der Waals surface area contributed by atoms with E-state index in [-0.39, 0.29) is 11.9 Å². The van der Waals surface area contributed by atoms with Crippen molar-refractivity contribution in [3.05, 3.63) is 53.3 Å². The number of aryl methyl sites for hydroxylation is 1. The van der Waals surface area contributed by atoms with Gasteiger partial charge in [-0.05, 0) is 44.0 Å². The number of likely N-dealkylation sites (tertiary alicyclic amines) is 1. The van der Waals surface area contributed by atoms with Crippen molar-refractivity contribution < 1.29 is 4.79 Å². The molecule has 1 amide bonds. The third kappa shape index (κ3) is 3.05. The lowest BCUT2D eigenvalue weighted by Gasteiger charge is -2.42. The minimum absolute atomic E-state index is 0.0402. The van der Waals surface area contributed by atoms with Gasteiger partial charge in [0, 0.05) is 31.6 Å². The van der Waals surface area contributed by atoms with E-state index in [0.717, 1.165) is 31.5 Å². The number of carbonyl (C=O) groups is 1. The van der Waals surface area contributed by atoms with Crippen LogP contribution in [0.25, 0.3) is 0 Å². The van der Waals surface area contributed by atoms with Crippen LogP contribution >= 0.6 is 0 Å². The van der Waals surface area contributed by atoms with E-state index in [1.165, 1.54) is 30.4 Å². The summed E-state index contributed by atoms with van der Waals surface area (Å²) in [6, 6.07) is 8.49. The standard InChI is InChI=1S/C21H28N4O/c1-16(19-14-22-24(2)15-19)23-20(26)21(25-10-6-3-7-11-25)12-17-8-4-5-9-18(17)13-21/h4-5,8-9,14-16H,3,6-7,10-13H2,1-2H3,(H,23,26)/t16-/m0/s1. The fourth-order valence-electron chi connectivity index (χ4n) is 4.52. The van der Waals surface area contributed by atoms with Gasteiger partial charge in [-0.1, -0.05) is 30.7 Å². The Balaban J connectivity index is 1.60. The van der Waals surface area contributed by atoms with Crippen LogP contribution in [0.1, 0.15) is 48.9 Å². The first-order chi connectivity index (χ1) is 12.6. The normalized spacial score (nSPS) is 20.5. The number of rotatable bonds is 4. The highest BCUT2D eigenvalue weighted by atomic mass is 16.2. The molecule has 0 radical (unpaired) electrons.